The van der Waals surface area contributed by atoms with Crippen molar-refractivity contribution in [1.82, 2.24) is 0 Å². The van der Waals surface area contributed by atoms with E-state index in [0.717, 1.165) is 17.7 Å². The molecule has 0 aliphatic carbocycles. The quantitative estimate of drug-likeness (QED) is 0.541. The van der Waals surface area contributed by atoms with Gasteiger partial charge in [-0.1, -0.05) is 6.07 Å². The number of rotatable bonds is 1. The molecule has 0 aromatic heterocycles. The average Bonchev–Trinajstić information content (AvgIpc) is 2.02. The molecule has 0 aliphatic heterocycles. The Morgan fingerprint density at radius 2 is 1.92 bits per heavy atom. The molecule has 0 atom stereocenters. The molecule has 13 heavy (non-hydrogen) atoms. The van der Waals surface area contributed by atoms with Crippen molar-refractivity contribution in [3.05, 3.63) is 32.9 Å². The Balaban J connectivity index is 3.10. The van der Waals surface area contributed by atoms with Gasteiger partial charge in [0.1, 0.15) is 0 Å². The standard InChI is InChI=1S/C8H5ClF3I/c9-4-5-1-2-6(3-7(5)13)8(10,11)12/h1-3H,4H2. The maximum Gasteiger partial charge on any atom is 0.416 e. The van der Waals surface area contributed by atoms with Crippen LogP contribution < -0.4 is 0 Å². The van der Waals surface area contributed by atoms with E-state index < -0.39 is 11.7 Å². The third-order valence-corrected chi connectivity index (χ3v) is 2.82. The van der Waals surface area contributed by atoms with Gasteiger partial charge in [-0.25, -0.2) is 0 Å². The minimum Gasteiger partial charge on any atom is -0.166 e. The maximum atomic E-state index is 12.2. The summed E-state index contributed by atoms with van der Waals surface area (Å²) >= 11 is 7.35. The summed E-state index contributed by atoms with van der Waals surface area (Å²) in [6.07, 6.45) is -4.27. The zero-order chi connectivity index (χ0) is 10.1. The number of benzene rings is 1. The molecule has 0 aliphatic rings. The molecular formula is C8H5ClF3I. The van der Waals surface area contributed by atoms with Crippen molar-refractivity contribution in [2.45, 2.75) is 12.1 Å². The second-order valence-corrected chi connectivity index (χ2v) is 3.87. The Hall–Kier alpha value is 0.0300. The first kappa shape index (κ1) is 11.1. The number of hydrogen-bond acceptors (Lipinski definition) is 0. The summed E-state index contributed by atoms with van der Waals surface area (Å²) in [5.74, 6) is 0.233. The summed E-state index contributed by atoms with van der Waals surface area (Å²) in [4.78, 5) is 0. The van der Waals surface area contributed by atoms with Gasteiger partial charge < -0.3 is 0 Å². The number of hydrogen-bond donors (Lipinski definition) is 0. The van der Waals surface area contributed by atoms with Crippen molar-refractivity contribution in [2.24, 2.45) is 0 Å². The molecule has 0 fully saturated rings. The van der Waals surface area contributed by atoms with Gasteiger partial charge in [-0.05, 0) is 40.3 Å². The highest BCUT2D eigenvalue weighted by atomic mass is 127. The molecule has 1 rings (SSSR count). The molecule has 0 radical (unpaired) electrons. The minimum absolute atomic E-state index is 0.233. The summed E-state index contributed by atoms with van der Waals surface area (Å²) in [7, 11) is 0. The fourth-order valence-corrected chi connectivity index (χ4v) is 2.00. The molecule has 0 saturated carbocycles. The Kier molecular flexibility index (Phi) is 3.45. The van der Waals surface area contributed by atoms with Crippen LogP contribution in [0.3, 0.4) is 0 Å². The first-order valence-corrected chi connectivity index (χ1v) is 4.98. The lowest BCUT2D eigenvalue weighted by Crippen LogP contribution is -2.05. The number of halogens is 5. The fourth-order valence-electron chi connectivity index (χ4n) is 0.832. The van der Waals surface area contributed by atoms with Crippen LogP contribution in [0.5, 0.6) is 0 Å². The lowest BCUT2D eigenvalue weighted by atomic mass is 10.1. The van der Waals surface area contributed by atoms with E-state index in [1.165, 1.54) is 6.07 Å². The van der Waals surface area contributed by atoms with E-state index in [1.807, 2.05) is 22.6 Å². The minimum atomic E-state index is -4.27. The summed E-state index contributed by atoms with van der Waals surface area (Å²) in [6, 6.07) is 3.54. The van der Waals surface area contributed by atoms with Crippen LogP contribution in [0, 0.1) is 3.57 Å². The van der Waals surface area contributed by atoms with Crippen LogP contribution in [-0.2, 0) is 12.1 Å². The zero-order valence-electron chi connectivity index (χ0n) is 6.33. The molecule has 0 amide bonds. The molecule has 0 N–H and O–H groups in total. The third kappa shape index (κ3) is 2.74. The molecule has 1 aromatic rings. The molecule has 72 valence electrons. The summed E-state index contributed by atoms with van der Waals surface area (Å²) in [5.41, 5.74) is 0.0843. The molecule has 0 saturated heterocycles. The van der Waals surface area contributed by atoms with E-state index in [0.29, 0.717) is 3.57 Å². The van der Waals surface area contributed by atoms with Gasteiger partial charge in [-0.15, -0.1) is 11.6 Å². The van der Waals surface area contributed by atoms with Crippen LogP contribution in [-0.4, -0.2) is 0 Å². The van der Waals surface area contributed by atoms with E-state index in [9.17, 15) is 13.2 Å². The van der Waals surface area contributed by atoms with Crippen molar-refractivity contribution in [3.63, 3.8) is 0 Å². The van der Waals surface area contributed by atoms with Gasteiger partial charge in [0, 0.05) is 9.45 Å². The molecule has 1 aromatic carbocycles. The Morgan fingerprint density at radius 1 is 1.31 bits per heavy atom. The highest BCUT2D eigenvalue weighted by Crippen LogP contribution is 2.31. The third-order valence-electron chi connectivity index (χ3n) is 1.52. The van der Waals surface area contributed by atoms with Crippen LogP contribution in [0.25, 0.3) is 0 Å². The molecular weight excluding hydrogens is 315 g/mol. The Labute approximate surface area is 92.2 Å². The summed E-state index contributed by atoms with van der Waals surface area (Å²) < 4.78 is 37.0. The van der Waals surface area contributed by atoms with E-state index in [1.54, 1.807) is 0 Å². The zero-order valence-corrected chi connectivity index (χ0v) is 9.24. The summed E-state index contributed by atoms with van der Waals surface area (Å²) in [6.45, 7) is 0. The van der Waals surface area contributed by atoms with Crippen LogP contribution in [0.2, 0.25) is 0 Å². The predicted octanol–water partition coefficient (Wildman–Crippen LogP) is 4.05. The maximum absolute atomic E-state index is 12.2. The molecule has 0 spiro atoms. The highest BCUT2D eigenvalue weighted by molar-refractivity contribution is 14.1. The topological polar surface area (TPSA) is 0 Å². The van der Waals surface area contributed by atoms with Gasteiger partial charge in [0.05, 0.1) is 5.56 Å². The molecule has 0 unspecified atom stereocenters. The van der Waals surface area contributed by atoms with Gasteiger partial charge in [-0.3, -0.25) is 0 Å². The fraction of sp³-hybridized carbons (Fsp3) is 0.250. The lowest BCUT2D eigenvalue weighted by Gasteiger charge is -2.08. The van der Waals surface area contributed by atoms with Crippen LogP contribution in [0.15, 0.2) is 18.2 Å². The first-order valence-electron chi connectivity index (χ1n) is 3.36. The second kappa shape index (κ2) is 4.04. The highest BCUT2D eigenvalue weighted by Gasteiger charge is 2.30. The summed E-state index contributed by atoms with van der Waals surface area (Å²) in [5, 5.41) is 0. The molecule has 0 nitrogen and oxygen atoms in total. The monoisotopic (exact) mass is 320 g/mol. The normalized spacial score (nSPS) is 11.8. The Morgan fingerprint density at radius 3 is 2.31 bits per heavy atom. The lowest BCUT2D eigenvalue weighted by molar-refractivity contribution is -0.137. The number of alkyl halides is 4. The van der Waals surface area contributed by atoms with Crippen molar-refractivity contribution in [3.8, 4) is 0 Å². The van der Waals surface area contributed by atoms with Gasteiger partial charge in [0.25, 0.3) is 0 Å². The molecule has 0 heterocycles. The van der Waals surface area contributed by atoms with Crippen molar-refractivity contribution >= 4 is 34.2 Å². The SMILES string of the molecule is FC(F)(F)c1ccc(CCl)c(I)c1. The van der Waals surface area contributed by atoms with E-state index in [-0.39, 0.29) is 5.88 Å². The van der Waals surface area contributed by atoms with E-state index in [2.05, 4.69) is 0 Å². The second-order valence-electron chi connectivity index (χ2n) is 2.44. The van der Waals surface area contributed by atoms with Gasteiger partial charge in [0.15, 0.2) is 0 Å². The smallest absolute Gasteiger partial charge is 0.166 e. The van der Waals surface area contributed by atoms with Crippen molar-refractivity contribution < 1.29 is 13.2 Å². The van der Waals surface area contributed by atoms with Gasteiger partial charge in [-0.2, -0.15) is 13.2 Å². The molecule has 5 heteroatoms. The predicted molar refractivity (Wildman–Crippen MR) is 53.7 cm³/mol. The molecule has 0 bridgehead atoms. The Bertz CT molecular complexity index is 309. The van der Waals surface area contributed by atoms with Crippen LogP contribution in [0.1, 0.15) is 11.1 Å². The largest absolute Gasteiger partial charge is 0.416 e. The van der Waals surface area contributed by atoms with Crippen LogP contribution in [0.4, 0.5) is 13.2 Å². The first-order chi connectivity index (χ1) is 5.95. The van der Waals surface area contributed by atoms with Crippen molar-refractivity contribution in [1.29, 1.82) is 0 Å². The van der Waals surface area contributed by atoms with Crippen molar-refractivity contribution in [2.75, 3.05) is 0 Å². The van der Waals surface area contributed by atoms with Gasteiger partial charge in [0.2, 0.25) is 0 Å². The van der Waals surface area contributed by atoms with Gasteiger partial charge >= 0.3 is 6.18 Å². The average molecular weight is 320 g/mol. The van der Waals surface area contributed by atoms with E-state index >= 15 is 0 Å². The van der Waals surface area contributed by atoms with E-state index in [4.69, 9.17) is 11.6 Å². The van der Waals surface area contributed by atoms with Crippen LogP contribution >= 0.6 is 34.2 Å².